The predicted molar refractivity (Wildman–Crippen MR) is 94.6 cm³/mol. The summed E-state index contributed by atoms with van der Waals surface area (Å²) in [4.78, 5) is 12.0. The van der Waals surface area contributed by atoms with Crippen LogP contribution in [0.2, 0.25) is 0 Å². The SMILES string of the molecule is Cc1noc(C)c1CCC(=O)NCCc1cnn(-c2ccccc2)c1. The van der Waals surface area contributed by atoms with E-state index in [1.165, 1.54) is 0 Å². The number of aromatic nitrogens is 3. The highest BCUT2D eigenvalue weighted by atomic mass is 16.5. The number of carbonyl (C=O) groups is 1. The molecule has 0 spiro atoms. The van der Waals surface area contributed by atoms with Crippen LogP contribution in [0.3, 0.4) is 0 Å². The molecule has 0 aliphatic rings. The summed E-state index contributed by atoms with van der Waals surface area (Å²) in [6.45, 7) is 4.37. The summed E-state index contributed by atoms with van der Waals surface area (Å²) >= 11 is 0. The lowest BCUT2D eigenvalue weighted by molar-refractivity contribution is -0.121. The summed E-state index contributed by atoms with van der Waals surface area (Å²) in [7, 11) is 0. The first kappa shape index (κ1) is 17.0. The lowest BCUT2D eigenvalue weighted by atomic mass is 10.1. The van der Waals surface area contributed by atoms with Crippen molar-refractivity contribution >= 4 is 5.91 Å². The number of rotatable bonds is 7. The predicted octanol–water partition coefficient (Wildman–Crippen LogP) is 2.77. The monoisotopic (exact) mass is 338 g/mol. The highest BCUT2D eigenvalue weighted by Crippen LogP contribution is 2.14. The maximum atomic E-state index is 12.0. The Hall–Kier alpha value is -2.89. The molecule has 0 radical (unpaired) electrons. The van der Waals surface area contributed by atoms with Gasteiger partial charge in [-0.05, 0) is 44.4 Å². The van der Waals surface area contributed by atoms with Crippen LogP contribution >= 0.6 is 0 Å². The Kier molecular flexibility index (Phi) is 5.28. The van der Waals surface area contributed by atoms with Gasteiger partial charge in [-0.2, -0.15) is 5.10 Å². The van der Waals surface area contributed by atoms with E-state index >= 15 is 0 Å². The largest absolute Gasteiger partial charge is 0.361 e. The van der Waals surface area contributed by atoms with Gasteiger partial charge >= 0.3 is 0 Å². The van der Waals surface area contributed by atoms with Gasteiger partial charge in [0.1, 0.15) is 5.76 Å². The molecule has 0 atom stereocenters. The molecule has 0 unspecified atom stereocenters. The molecule has 0 aliphatic carbocycles. The van der Waals surface area contributed by atoms with Gasteiger partial charge in [0, 0.05) is 24.7 Å². The van der Waals surface area contributed by atoms with Crippen LogP contribution in [0.25, 0.3) is 5.69 Å². The summed E-state index contributed by atoms with van der Waals surface area (Å²) in [6, 6.07) is 9.96. The van der Waals surface area contributed by atoms with Gasteiger partial charge in [0.25, 0.3) is 0 Å². The minimum atomic E-state index is 0.0375. The fourth-order valence-corrected chi connectivity index (χ4v) is 2.74. The van der Waals surface area contributed by atoms with Crippen molar-refractivity contribution in [2.24, 2.45) is 0 Å². The second-order valence-corrected chi connectivity index (χ2v) is 6.03. The Morgan fingerprint density at radius 1 is 1.20 bits per heavy atom. The van der Waals surface area contributed by atoms with Crippen LogP contribution in [0, 0.1) is 13.8 Å². The number of benzene rings is 1. The molecule has 0 fully saturated rings. The smallest absolute Gasteiger partial charge is 0.220 e. The van der Waals surface area contributed by atoms with E-state index < -0.39 is 0 Å². The molecule has 1 amide bonds. The number of nitrogens with zero attached hydrogens (tertiary/aromatic N) is 3. The second kappa shape index (κ2) is 7.79. The van der Waals surface area contributed by atoms with E-state index in [1.54, 1.807) is 0 Å². The van der Waals surface area contributed by atoms with Crippen molar-refractivity contribution in [3.63, 3.8) is 0 Å². The van der Waals surface area contributed by atoms with Gasteiger partial charge in [0.15, 0.2) is 0 Å². The Morgan fingerprint density at radius 2 is 2.00 bits per heavy atom. The lowest BCUT2D eigenvalue weighted by Crippen LogP contribution is -2.25. The van der Waals surface area contributed by atoms with E-state index in [1.807, 2.05) is 61.3 Å². The van der Waals surface area contributed by atoms with E-state index in [-0.39, 0.29) is 5.91 Å². The first-order valence-corrected chi connectivity index (χ1v) is 8.41. The Labute approximate surface area is 146 Å². The molecule has 1 N–H and O–H groups in total. The fraction of sp³-hybridized carbons (Fsp3) is 0.316. The highest BCUT2D eigenvalue weighted by Gasteiger charge is 2.11. The second-order valence-electron chi connectivity index (χ2n) is 6.03. The summed E-state index contributed by atoms with van der Waals surface area (Å²) < 4.78 is 6.96. The third-order valence-electron chi connectivity index (χ3n) is 4.18. The van der Waals surface area contributed by atoms with Crippen LogP contribution in [-0.2, 0) is 17.6 Å². The van der Waals surface area contributed by atoms with Gasteiger partial charge in [0.2, 0.25) is 5.91 Å². The zero-order valence-electron chi connectivity index (χ0n) is 14.5. The average molecular weight is 338 g/mol. The van der Waals surface area contributed by atoms with Crippen LogP contribution in [0.15, 0.2) is 47.2 Å². The molecular formula is C19H22N4O2. The molecule has 0 aliphatic heterocycles. The average Bonchev–Trinajstić information content (AvgIpc) is 3.21. The first-order valence-electron chi connectivity index (χ1n) is 8.41. The molecule has 6 nitrogen and oxygen atoms in total. The molecule has 2 aromatic heterocycles. The van der Waals surface area contributed by atoms with E-state index in [0.29, 0.717) is 19.4 Å². The summed E-state index contributed by atoms with van der Waals surface area (Å²) in [6.07, 6.45) is 5.67. The van der Waals surface area contributed by atoms with Gasteiger partial charge in [-0.1, -0.05) is 23.4 Å². The Balaban J connectivity index is 1.44. The first-order chi connectivity index (χ1) is 12.1. The molecule has 130 valence electrons. The zero-order chi connectivity index (χ0) is 17.6. The van der Waals surface area contributed by atoms with Gasteiger partial charge < -0.3 is 9.84 Å². The number of hydrogen-bond donors (Lipinski definition) is 1. The van der Waals surface area contributed by atoms with Crippen molar-refractivity contribution in [3.05, 3.63) is 65.3 Å². The van der Waals surface area contributed by atoms with Crippen LogP contribution in [0.5, 0.6) is 0 Å². The van der Waals surface area contributed by atoms with Crippen molar-refractivity contribution in [2.45, 2.75) is 33.1 Å². The van der Waals surface area contributed by atoms with E-state index in [0.717, 1.165) is 34.7 Å². The number of aryl methyl sites for hydroxylation is 2. The van der Waals surface area contributed by atoms with Crippen molar-refractivity contribution in [1.82, 2.24) is 20.3 Å². The molecule has 0 saturated heterocycles. The van der Waals surface area contributed by atoms with Crippen LogP contribution in [-0.4, -0.2) is 27.4 Å². The van der Waals surface area contributed by atoms with Gasteiger partial charge in [0.05, 0.1) is 17.6 Å². The Bertz CT molecular complexity index is 817. The third kappa shape index (κ3) is 4.35. The highest BCUT2D eigenvalue weighted by molar-refractivity contribution is 5.76. The van der Waals surface area contributed by atoms with Crippen LogP contribution < -0.4 is 5.32 Å². The molecule has 1 aromatic carbocycles. The minimum Gasteiger partial charge on any atom is -0.361 e. The van der Waals surface area contributed by atoms with Crippen LogP contribution in [0.1, 0.15) is 29.0 Å². The topological polar surface area (TPSA) is 73.0 Å². The quantitative estimate of drug-likeness (QED) is 0.719. The minimum absolute atomic E-state index is 0.0375. The molecule has 0 bridgehead atoms. The molecule has 2 heterocycles. The zero-order valence-corrected chi connectivity index (χ0v) is 14.5. The number of amides is 1. The molecule has 3 aromatic rings. The summed E-state index contributed by atoms with van der Waals surface area (Å²) in [5, 5.41) is 11.2. The lowest BCUT2D eigenvalue weighted by Gasteiger charge is -2.04. The van der Waals surface area contributed by atoms with Gasteiger partial charge in [-0.25, -0.2) is 4.68 Å². The van der Waals surface area contributed by atoms with E-state index in [9.17, 15) is 4.79 Å². The standard InChI is InChI=1S/C19H22N4O2/c1-14-18(15(2)25-22-14)8-9-19(24)20-11-10-16-12-21-23(13-16)17-6-4-3-5-7-17/h3-7,12-13H,8-11H2,1-2H3,(H,20,24). The number of nitrogens with one attached hydrogen (secondary N) is 1. The van der Waals surface area contributed by atoms with Crippen molar-refractivity contribution in [2.75, 3.05) is 6.54 Å². The number of para-hydroxylation sites is 1. The normalized spacial score (nSPS) is 10.8. The fourth-order valence-electron chi connectivity index (χ4n) is 2.74. The number of carbonyl (C=O) groups excluding carboxylic acids is 1. The molecule has 3 rings (SSSR count). The third-order valence-corrected chi connectivity index (χ3v) is 4.18. The van der Waals surface area contributed by atoms with Gasteiger partial charge in [-0.3, -0.25) is 4.79 Å². The summed E-state index contributed by atoms with van der Waals surface area (Å²) in [5.41, 5.74) is 4.00. The summed E-state index contributed by atoms with van der Waals surface area (Å²) in [5.74, 6) is 0.828. The van der Waals surface area contributed by atoms with Crippen molar-refractivity contribution in [1.29, 1.82) is 0 Å². The maximum absolute atomic E-state index is 12.0. The molecular weight excluding hydrogens is 316 g/mol. The number of hydrogen-bond acceptors (Lipinski definition) is 4. The van der Waals surface area contributed by atoms with Crippen LogP contribution in [0.4, 0.5) is 0 Å². The Morgan fingerprint density at radius 3 is 2.72 bits per heavy atom. The molecule has 6 heteroatoms. The van der Waals surface area contributed by atoms with E-state index in [2.05, 4.69) is 15.6 Å². The van der Waals surface area contributed by atoms with E-state index in [4.69, 9.17) is 4.52 Å². The van der Waals surface area contributed by atoms with Crippen molar-refractivity contribution < 1.29 is 9.32 Å². The molecule has 0 saturated carbocycles. The maximum Gasteiger partial charge on any atom is 0.220 e. The van der Waals surface area contributed by atoms with Gasteiger partial charge in [-0.15, -0.1) is 0 Å². The van der Waals surface area contributed by atoms with Crippen molar-refractivity contribution in [3.8, 4) is 5.69 Å². The molecule has 25 heavy (non-hydrogen) atoms.